The fourth-order valence-corrected chi connectivity index (χ4v) is 6.27. The van der Waals surface area contributed by atoms with Crippen molar-refractivity contribution in [1.82, 2.24) is 23.8 Å². The number of hydrogen-bond acceptors (Lipinski definition) is 2. The third kappa shape index (κ3) is 3.37. The molecule has 0 atom stereocenters. The van der Waals surface area contributed by atoms with E-state index in [0.717, 1.165) is 66.5 Å². The van der Waals surface area contributed by atoms with Crippen LogP contribution < -0.4 is 5.32 Å². The van der Waals surface area contributed by atoms with E-state index in [1.54, 1.807) is 0 Å². The Balaban J connectivity index is 1.51. The molecule has 0 aliphatic carbocycles. The van der Waals surface area contributed by atoms with Gasteiger partial charge in [0.05, 0.1) is 27.6 Å². The van der Waals surface area contributed by atoms with Crippen LogP contribution in [0.2, 0.25) is 0 Å². The van der Waals surface area contributed by atoms with Crippen molar-refractivity contribution in [2.75, 3.05) is 7.05 Å². The molecule has 0 bridgehead atoms. The van der Waals surface area contributed by atoms with Crippen molar-refractivity contribution < 1.29 is 0 Å². The molecule has 202 valence electrons. The van der Waals surface area contributed by atoms with Gasteiger partial charge >= 0.3 is 0 Å². The first-order valence-electron chi connectivity index (χ1n) is 14.0. The molecule has 0 aliphatic heterocycles. The van der Waals surface area contributed by atoms with Gasteiger partial charge in [0, 0.05) is 29.1 Å². The molecule has 0 unspecified atom stereocenters. The monoisotopic (exact) mass is 545 g/mol. The van der Waals surface area contributed by atoms with Crippen molar-refractivity contribution in [2.24, 2.45) is 4.99 Å². The number of nitrogens with one attached hydrogen (secondary N) is 2. The lowest BCUT2D eigenvalue weighted by molar-refractivity contribution is 1.11. The number of hydrogen-bond donors (Lipinski definition) is 2. The van der Waals surface area contributed by atoms with Crippen LogP contribution >= 0.6 is 0 Å². The highest BCUT2D eigenvalue weighted by molar-refractivity contribution is 6.23. The first-order valence-corrected chi connectivity index (χ1v) is 14.0. The summed E-state index contributed by atoms with van der Waals surface area (Å²) in [5.41, 5.74) is 8.90. The molecule has 0 saturated carbocycles. The molecule has 0 amide bonds. The molecule has 42 heavy (non-hydrogen) atoms. The van der Waals surface area contributed by atoms with E-state index in [2.05, 4.69) is 87.9 Å². The minimum atomic E-state index is 0.120. The van der Waals surface area contributed by atoms with Crippen LogP contribution in [0.25, 0.3) is 55.3 Å². The Hall–Kier alpha value is -5.69. The van der Waals surface area contributed by atoms with Crippen LogP contribution in [-0.4, -0.2) is 37.4 Å². The number of aryl methyl sites for hydroxylation is 1. The molecule has 0 fully saturated rings. The summed E-state index contributed by atoms with van der Waals surface area (Å²) in [5, 5.41) is 14.7. The number of amidine groups is 1. The first-order chi connectivity index (χ1) is 20.7. The van der Waals surface area contributed by atoms with Gasteiger partial charge in [-0.05, 0) is 48.9 Å². The zero-order chi connectivity index (χ0) is 28.4. The van der Waals surface area contributed by atoms with Gasteiger partial charge in [-0.1, -0.05) is 78.9 Å². The Labute approximate surface area is 241 Å². The van der Waals surface area contributed by atoms with E-state index in [1.165, 1.54) is 0 Å². The maximum absolute atomic E-state index is 9.34. The lowest BCUT2D eigenvalue weighted by Gasteiger charge is -2.10. The number of para-hydroxylation sites is 4. The van der Waals surface area contributed by atoms with Crippen LogP contribution in [0.5, 0.6) is 0 Å². The van der Waals surface area contributed by atoms with Gasteiger partial charge in [-0.2, -0.15) is 4.99 Å². The highest BCUT2D eigenvalue weighted by Gasteiger charge is 2.24. The van der Waals surface area contributed by atoms with Crippen molar-refractivity contribution in [3.05, 3.63) is 126 Å². The minimum Gasteiger partial charge on any atom is -0.373 e. The van der Waals surface area contributed by atoms with Crippen LogP contribution in [0.4, 0.5) is 0 Å². The number of rotatable bonds is 2. The lowest BCUT2D eigenvalue weighted by Crippen LogP contribution is -2.23. The average Bonchev–Trinajstić information content (AvgIpc) is 3.68. The van der Waals surface area contributed by atoms with E-state index in [0.29, 0.717) is 5.84 Å². The molecule has 0 saturated heterocycles. The summed E-state index contributed by atoms with van der Waals surface area (Å²) in [6.07, 6.45) is 0. The van der Waals surface area contributed by atoms with Crippen LogP contribution in [0.1, 0.15) is 11.1 Å². The van der Waals surface area contributed by atoms with E-state index in [9.17, 15) is 5.41 Å². The minimum absolute atomic E-state index is 0.120. The van der Waals surface area contributed by atoms with Crippen LogP contribution in [0.15, 0.2) is 120 Å². The number of aromatic nitrogens is 4. The summed E-state index contributed by atoms with van der Waals surface area (Å²) in [6, 6.07) is 39.1. The first kappa shape index (κ1) is 24.1. The third-order valence-electron chi connectivity index (χ3n) is 8.03. The molecule has 0 aliphatic rings. The van der Waals surface area contributed by atoms with Crippen molar-refractivity contribution in [1.29, 1.82) is 5.41 Å². The maximum atomic E-state index is 9.34. The largest absolute Gasteiger partial charge is 0.373 e. The van der Waals surface area contributed by atoms with Crippen molar-refractivity contribution in [2.45, 2.75) is 6.92 Å². The predicted octanol–water partition coefficient (Wildman–Crippen LogP) is 7.30. The smallest absolute Gasteiger partial charge is 0.229 e. The average molecular weight is 546 g/mol. The molecule has 0 radical (unpaired) electrons. The number of fused-ring (bicyclic) bond motifs is 9. The van der Waals surface area contributed by atoms with Gasteiger partial charge in [-0.25, -0.2) is 4.98 Å². The molecule has 3 aromatic heterocycles. The molecular formula is C35H27N7. The molecule has 2 N–H and O–H groups in total. The van der Waals surface area contributed by atoms with E-state index >= 15 is 0 Å². The van der Waals surface area contributed by atoms with Gasteiger partial charge in [-0.15, -0.1) is 0 Å². The topological polar surface area (TPSA) is 75.4 Å². The molecule has 3 heterocycles. The molecule has 7 heteroatoms. The zero-order valence-corrected chi connectivity index (χ0v) is 23.2. The lowest BCUT2D eigenvalue weighted by atomic mass is 10.1. The second kappa shape index (κ2) is 9.17. The van der Waals surface area contributed by atoms with Crippen molar-refractivity contribution in [3.8, 4) is 5.69 Å². The van der Waals surface area contributed by atoms with E-state index < -0.39 is 0 Å². The molecular weight excluding hydrogens is 518 g/mol. The summed E-state index contributed by atoms with van der Waals surface area (Å²) in [4.78, 5) is 10.2. The van der Waals surface area contributed by atoms with Gasteiger partial charge in [0.25, 0.3) is 0 Å². The number of nitrogens with zero attached hydrogens (tertiary/aromatic N) is 5. The fraction of sp³-hybridized carbons (Fsp3) is 0.0571. The Morgan fingerprint density at radius 3 is 2.14 bits per heavy atom. The zero-order valence-electron chi connectivity index (χ0n) is 23.2. The standard InChI is InChI=1S/C35H27N7/c1-22-21-29-31(38-35-40(24-15-7-4-8-16-24)27-19-11-12-20-28(27)41(29)35)32-30(22)25-17-9-10-18-26(25)42(32)34(36)39-33(37-2)23-13-5-3-6-14-23/h3-21H,1-2H3,(H2,36,37,39). The fourth-order valence-electron chi connectivity index (χ4n) is 6.27. The number of benzene rings is 5. The molecule has 7 nitrogen and oxygen atoms in total. The van der Waals surface area contributed by atoms with Crippen molar-refractivity contribution in [3.63, 3.8) is 0 Å². The Kier molecular flexibility index (Phi) is 5.27. The highest BCUT2D eigenvalue weighted by Crippen LogP contribution is 2.38. The Bertz CT molecular complexity index is 2350. The Morgan fingerprint density at radius 2 is 1.40 bits per heavy atom. The molecule has 8 rings (SSSR count). The van der Waals surface area contributed by atoms with Gasteiger partial charge in [0.15, 0.2) is 0 Å². The van der Waals surface area contributed by atoms with E-state index in [4.69, 9.17) is 9.98 Å². The Morgan fingerprint density at radius 1 is 0.762 bits per heavy atom. The summed E-state index contributed by atoms with van der Waals surface area (Å²) in [5.74, 6) is 1.58. The summed E-state index contributed by atoms with van der Waals surface area (Å²) < 4.78 is 6.39. The molecule has 8 aromatic rings. The normalized spacial score (nSPS) is 12.3. The van der Waals surface area contributed by atoms with Crippen molar-refractivity contribution >= 4 is 61.4 Å². The van der Waals surface area contributed by atoms with Gasteiger partial charge in [-0.3, -0.25) is 18.9 Å². The molecule has 5 aromatic carbocycles. The van der Waals surface area contributed by atoms with E-state index in [1.807, 2.05) is 60.1 Å². The van der Waals surface area contributed by atoms with Gasteiger partial charge in [0.1, 0.15) is 11.4 Å². The quantitative estimate of drug-likeness (QED) is 0.177. The van der Waals surface area contributed by atoms with Gasteiger partial charge < -0.3 is 5.32 Å². The number of imidazole rings is 2. The van der Waals surface area contributed by atoms with Gasteiger partial charge in [0.2, 0.25) is 11.7 Å². The van der Waals surface area contributed by atoms with Crippen LogP contribution in [0, 0.1) is 12.3 Å². The molecule has 0 spiro atoms. The summed E-state index contributed by atoms with van der Waals surface area (Å²) in [7, 11) is 1.84. The number of aliphatic imine (C=N–C) groups is 1. The van der Waals surface area contributed by atoms with E-state index in [-0.39, 0.29) is 5.96 Å². The summed E-state index contributed by atoms with van der Waals surface area (Å²) >= 11 is 0. The SMILES string of the molecule is CN/C(=N\C(=N)n1c2ccccc2c2c(C)cc3c(nc4n(-c5ccccc5)c5ccccc5n34)c21)c1ccccc1. The summed E-state index contributed by atoms with van der Waals surface area (Å²) in [6.45, 7) is 2.14. The van der Waals surface area contributed by atoms with Crippen LogP contribution in [-0.2, 0) is 0 Å². The second-order valence-corrected chi connectivity index (χ2v) is 10.4. The maximum Gasteiger partial charge on any atom is 0.229 e. The second-order valence-electron chi connectivity index (χ2n) is 10.4. The third-order valence-corrected chi connectivity index (χ3v) is 8.03. The predicted molar refractivity (Wildman–Crippen MR) is 172 cm³/mol. The highest BCUT2D eigenvalue weighted by atomic mass is 15.2. The van der Waals surface area contributed by atoms with Crippen LogP contribution in [0.3, 0.4) is 0 Å².